The molecule has 6 nitrogen and oxygen atoms in total. The Hall–Kier alpha value is -1.47. The zero-order chi connectivity index (χ0) is 15.3. The van der Waals surface area contributed by atoms with Crippen molar-refractivity contribution in [3.63, 3.8) is 0 Å². The fraction of sp³-hybridized carbons (Fsp3) is 0.462. The first-order valence-corrected chi connectivity index (χ1v) is 7.00. The van der Waals surface area contributed by atoms with Gasteiger partial charge in [0.05, 0.1) is 10.5 Å². The predicted octanol–water partition coefficient (Wildman–Crippen LogP) is 2.43. The van der Waals surface area contributed by atoms with Gasteiger partial charge in [0.2, 0.25) is 0 Å². The zero-order valence-electron chi connectivity index (χ0n) is 11.7. The molecule has 0 aliphatic heterocycles. The molecule has 0 aliphatic carbocycles. The molecule has 20 heavy (non-hydrogen) atoms. The molecule has 0 radical (unpaired) electrons. The number of hydrogen-bond acceptors (Lipinski definition) is 4. The van der Waals surface area contributed by atoms with E-state index >= 15 is 0 Å². The number of carbonyl (C=O) groups is 1. The first kappa shape index (κ1) is 16.6. The smallest absolute Gasteiger partial charge is 0.270 e. The van der Waals surface area contributed by atoms with Crippen LogP contribution in [0.1, 0.15) is 23.7 Å². The van der Waals surface area contributed by atoms with Gasteiger partial charge >= 0.3 is 0 Å². The highest BCUT2D eigenvalue weighted by Gasteiger charge is 2.17. The van der Waals surface area contributed by atoms with Crippen LogP contribution in [0.2, 0.25) is 0 Å². The minimum atomic E-state index is -0.515. The molecule has 1 atom stereocenters. The highest BCUT2D eigenvalue weighted by atomic mass is 79.9. The molecule has 1 aromatic carbocycles. The van der Waals surface area contributed by atoms with Crippen molar-refractivity contribution in [2.45, 2.75) is 19.4 Å². The summed E-state index contributed by atoms with van der Waals surface area (Å²) in [7, 11) is 3.93. The number of halogens is 1. The van der Waals surface area contributed by atoms with Crippen LogP contribution in [-0.4, -0.2) is 42.4 Å². The highest BCUT2D eigenvalue weighted by Crippen LogP contribution is 2.22. The monoisotopic (exact) mass is 343 g/mol. The molecule has 1 N–H and O–H groups in total. The summed E-state index contributed by atoms with van der Waals surface area (Å²) in [4.78, 5) is 24.4. The van der Waals surface area contributed by atoms with E-state index in [0.29, 0.717) is 4.47 Å². The van der Waals surface area contributed by atoms with Gasteiger partial charge < -0.3 is 10.2 Å². The summed E-state index contributed by atoms with van der Waals surface area (Å²) < 4.78 is 0.542. The van der Waals surface area contributed by atoms with Gasteiger partial charge in [-0.25, -0.2) is 0 Å². The topological polar surface area (TPSA) is 75.5 Å². The Kier molecular flexibility index (Phi) is 6.09. The Morgan fingerprint density at radius 3 is 2.70 bits per heavy atom. The van der Waals surface area contributed by atoms with Gasteiger partial charge in [0.15, 0.2) is 0 Å². The van der Waals surface area contributed by atoms with Crippen molar-refractivity contribution in [2.75, 3.05) is 20.6 Å². The zero-order valence-corrected chi connectivity index (χ0v) is 13.3. The molecular weight excluding hydrogens is 326 g/mol. The molecule has 0 fully saturated rings. The van der Waals surface area contributed by atoms with Gasteiger partial charge in [0.1, 0.15) is 0 Å². The second kappa shape index (κ2) is 7.35. The summed E-state index contributed by atoms with van der Waals surface area (Å²) in [6.45, 7) is 2.77. The molecule has 1 unspecified atom stereocenters. The average Bonchev–Trinajstić information content (AvgIpc) is 2.36. The molecule has 110 valence electrons. The van der Waals surface area contributed by atoms with Crippen LogP contribution in [0, 0.1) is 10.1 Å². The van der Waals surface area contributed by atoms with Crippen LogP contribution in [0.5, 0.6) is 0 Å². The second-order valence-electron chi connectivity index (χ2n) is 4.89. The van der Waals surface area contributed by atoms with Gasteiger partial charge in [0, 0.05) is 22.6 Å². The number of nitro benzene ring substituents is 1. The lowest BCUT2D eigenvalue weighted by Gasteiger charge is -2.17. The lowest BCUT2D eigenvalue weighted by molar-refractivity contribution is -0.384. The largest absolute Gasteiger partial charge is 0.349 e. The van der Waals surface area contributed by atoms with Crippen molar-refractivity contribution in [1.29, 1.82) is 0 Å². The quantitative estimate of drug-likeness (QED) is 0.635. The van der Waals surface area contributed by atoms with E-state index in [0.717, 1.165) is 13.0 Å². The predicted molar refractivity (Wildman–Crippen MR) is 80.9 cm³/mol. The number of nitro groups is 1. The van der Waals surface area contributed by atoms with Gasteiger partial charge in [-0.15, -0.1) is 0 Å². The highest BCUT2D eigenvalue weighted by molar-refractivity contribution is 9.10. The number of non-ortho nitro benzene ring substituents is 1. The van der Waals surface area contributed by atoms with E-state index in [1.807, 2.05) is 25.9 Å². The summed E-state index contributed by atoms with van der Waals surface area (Å²) in [5.41, 5.74) is 0.176. The van der Waals surface area contributed by atoms with Gasteiger partial charge in [-0.3, -0.25) is 14.9 Å². The fourth-order valence-electron chi connectivity index (χ4n) is 1.63. The first-order chi connectivity index (χ1) is 9.31. The number of rotatable bonds is 6. The van der Waals surface area contributed by atoms with Crippen LogP contribution in [0.4, 0.5) is 5.69 Å². The Morgan fingerprint density at radius 2 is 2.15 bits per heavy atom. The normalized spacial score (nSPS) is 12.2. The summed E-state index contributed by atoms with van der Waals surface area (Å²) in [6, 6.07) is 4.14. The molecule has 0 spiro atoms. The summed E-state index contributed by atoms with van der Waals surface area (Å²) in [5, 5.41) is 13.6. The molecule has 0 bridgehead atoms. The standard InChI is InChI=1S/C13H18BrN3O3/c1-9(6-7-16(2)3)15-13(18)11-8-10(17(19)20)4-5-12(11)14/h4-5,8-9H,6-7H2,1-3H3,(H,15,18). The van der Waals surface area contributed by atoms with E-state index in [2.05, 4.69) is 21.2 Å². The number of amides is 1. The third-order valence-corrected chi connectivity index (χ3v) is 3.48. The minimum absolute atomic E-state index is 0.00365. The van der Waals surface area contributed by atoms with Crippen LogP contribution in [0.25, 0.3) is 0 Å². The van der Waals surface area contributed by atoms with Crippen molar-refractivity contribution >= 4 is 27.5 Å². The third-order valence-electron chi connectivity index (χ3n) is 2.79. The molecule has 1 aromatic rings. The van der Waals surface area contributed by atoms with Gasteiger partial charge in [-0.05, 0) is 56.0 Å². The number of nitrogens with zero attached hydrogens (tertiary/aromatic N) is 2. The molecule has 7 heteroatoms. The fourth-order valence-corrected chi connectivity index (χ4v) is 2.05. The van der Waals surface area contributed by atoms with E-state index < -0.39 is 4.92 Å². The maximum Gasteiger partial charge on any atom is 0.270 e. The Bertz CT molecular complexity index is 506. The molecular formula is C13H18BrN3O3. The molecule has 0 saturated carbocycles. The SMILES string of the molecule is CC(CCN(C)C)NC(=O)c1cc([N+](=O)[O-])ccc1Br. The Balaban J connectivity index is 2.76. The number of benzene rings is 1. The second-order valence-corrected chi connectivity index (χ2v) is 5.74. The average molecular weight is 344 g/mol. The van der Waals surface area contributed by atoms with Crippen LogP contribution in [0.15, 0.2) is 22.7 Å². The molecule has 0 saturated heterocycles. The molecule has 1 amide bonds. The van der Waals surface area contributed by atoms with Crippen molar-refractivity contribution in [3.8, 4) is 0 Å². The van der Waals surface area contributed by atoms with E-state index in [1.54, 1.807) is 0 Å². The van der Waals surface area contributed by atoms with Gasteiger partial charge in [-0.1, -0.05) is 0 Å². The molecule has 1 rings (SSSR count). The summed E-state index contributed by atoms with van der Waals surface area (Å²) >= 11 is 3.24. The maximum atomic E-state index is 12.1. The van der Waals surface area contributed by atoms with Crippen molar-refractivity contribution in [2.24, 2.45) is 0 Å². The maximum absolute atomic E-state index is 12.1. The Morgan fingerprint density at radius 1 is 1.50 bits per heavy atom. The summed E-state index contributed by atoms with van der Waals surface area (Å²) in [6.07, 6.45) is 0.811. The summed E-state index contributed by atoms with van der Waals surface area (Å²) in [5.74, 6) is -0.313. The molecule has 0 heterocycles. The van der Waals surface area contributed by atoms with E-state index in [-0.39, 0.29) is 23.2 Å². The minimum Gasteiger partial charge on any atom is -0.349 e. The number of carbonyl (C=O) groups excluding carboxylic acids is 1. The van der Waals surface area contributed by atoms with Crippen LogP contribution >= 0.6 is 15.9 Å². The van der Waals surface area contributed by atoms with E-state index in [9.17, 15) is 14.9 Å². The van der Waals surface area contributed by atoms with E-state index in [4.69, 9.17) is 0 Å². The van der Waals surface area contributed by atoms with Crippen LogP contribution in [0.3, 0.4) is 0 Å². The van der Waals surface area contributed by atoms with Gasteiger partial charge in [-0.2, -0.15) is 0 Å². The van der Waals surface area contributed by atoms with Crippen molar-refractivity contribution < 1.29 is 9.72 Å². The van der Waals surface area contributed by atoms with Crippen molar-refractivity contribution in [1.82, 2.24) is 10.2 Å². The van der Waals surface area contributed by atoms with Crippen LogP contribution < -0.4 is 5.32 Å². The molecule has 0 aromatic heterocycles. The van der Waals surface area contributed by atoms with Gasteiger partial charge in [0.25, 0.3) is 11.6 Å². The number of hydrogen-bond donors (Lipinski definition) is 1. The third kappa shape index (κ3) is 4.90. The van der Waals surface area contributed by atoms with Crippen molar-refractivity contribution in [3.05, 3.63) is 38.3 Å². The molecule has 0 aliphatic rings. The number of nitrogens with one attached hydrogen (secondary N) is 1. The Labute approximate surface area is 126 Å². The first-order valence-electron chi connectivity index (χ1n) is 6.20. The lowest BCUT2D eigenvalue weighted by atomic mass is 10.1. The van der Waals surface area contributed by atoms with E-state index in [1.165, 1.54) is 18.2 Å². The van der Waals surface area contributed by atoms with Crippen LogP contribution in [-0.2, 0) is 0 Å². The lowest BCUT2D eigenvalue weighted by Crippen LogP contribution is -2.35.